The summed E-state index contributed by atoms with van der Waals surface area (Å²) in [5, 5.41) is 1.14. The lowest BCUT2D eigenvalue weighted by Gasteiger charge is -2.25. The molecule has 0 saturated heterocycles. The summed E-state index contributed by atoms with van der Waals surface area (Å²) in [5.74, 6) is 1.56. The molecule has 0 bridgehead atoms. The fourth-order valence-electron chi connectivity index (χ4n) is 4.18. The Balaban J connectivity index is 2.21. The fourth-order valence-corrected chi connectivity index (χ4v) is 4.63. The van der Waals surface area contributed by atoms with E-state index in [9.17, 15) is 0 Å². The van der Waals surface area contributed by atoms with Gasteiger partial charge in [0.2, 0.25) is 0 Å². The van der Waals surface area contributed by atoms with Crippen LogP contribution in [-0.4, -0.2) is 9.97 Å². The smallest absolute Gasteiger partial charge is 0.129 e. The molecule has 2 heterocycles. The molecule has 1 aliphatic carbocycles. The van der Waals surface area contributed by atoms with Gasteiger partial charge in [0, 0.05) is 11.6 Å². The molecule has 1 atom stereocenters. The van der Waals surface area contributed by atoms with E-state index in [4.69, 9.17) is 28.2 Å². The number of pyridine rings is 2. The number of aromatic nitrogens is 2. The number of hydrogen-bond acceptors (Lipinski definition) is 2. The van der Waals surface area contributed by atoms with Gasteiger partial charge in [0.25, 0.3) is 0 Å². The van der Waals surface area contributed by atoms with Crippen molar-refractivity contribution >= 4 is 23.2 Å². The van der Waals surface area contributed by atoms with Gasteiger partial charge in [0.15, 0.2) is 0 Å². The van der Waals surface area contributed by atoms with Crippen LogP contribution in [0, 0.1) is 6.92 Å². The largest absolute Gasteiger partial charge is 0.241 e. The lowest BCUT2D eigenvalue weighted by Crippen LogP contribution is -2.12. The zero-order valence-corrected chi connectivity index (χ0v) is 18.0. The molecular weight excluding hydrogens is 363 g/mol. The van der Waals surface area contributed by atoms with Crippen molar-refractivity contribution in [2.45, 2.75) is 78.1 Å². The predicted octanol–water partition coefficient (Wildman–Crippen LogP) is 7.37. The van der Waals surface area contributed by atoms with Gasteiger partial charge in [0.1, 0.15) is 10.3 Å². The van der Waals surface area contributed by atoms with Gasteiger partial charge in [-0.05, 0) is 71.9 Å². The zero-order valence-electron chi connectivity index (χ0n) is 16.5. The minimum atomic E-state index is 0.125. The Kier molecular flexibility index (Phi) is 5.65. The number of hydrogen-bond donors (Lipinski definition) is 0. The molecular formula is C22H28Cl2N2. The highest BCUT2D eigenvalue weighted by Gasteiger charge is 2.31. The minimum Gasteiger partial charge on any atom is -0.241 e. The third-order valence-electron chi connectivity index (χ3n) is 5.39. The van der Waals surface area contributed by atoms with Crippen molar-refractivity contribution in [3.05, 3.63) is 56.1 Å². The Morgan fingerprint density at radius 3 is 2.00 bits per heavy atom. The fraction of sp³-hybridized carbons (Fsp3) is 0.545. The van der Waals surface area contributed by atoms with E-state index in [0.717, 1.165) is 11.4 Å². The van der Waals surface area contributed by atoms with E-state index in [1.54, 1.807) is 0 Å². The highest BCUT2D eigenvalue weighted by Crippen LogP contribution is 2.46. The second kappa shape index (κ2) is 7.48. The Labute approximate surface area is 167 Å². The number of halogens is 2. The molecule has 3 rings (SSSR count). The van der Waals surface area contributed by atoms with Gasteiger partial charge in [-0.2, -0.15) is 0 Å². The third kappa shape index (κ3) is 3.77. The van der Waals surface area contributed by atoms with E-state index in [0.29, 0.717) is 28.1 Å². The van der Waals surface area contributed by atoms with Crippen LogP contribution >= 0.6 is 23.2 Å². The average Bonchev–Trinajstić information content (AvgIpc) is 3.36. The maximum Gasteiger partial charge on any atom is 0.129 e. The van der Waals surface area contributed by atoms with Crippen molar-refractivity contribution in [1.82, 2.24) is 9.97 Å². The van der Waals surface area contributed by atoms with Crippen LogP contribution in [0.2, 0.25) is 10.3 Å². The molecule has 0 amide bonds. The van der Waals surface area contributed by atoms with Gasteiger partial charge in [-0.25, -0.2) is 9.97 Å². The molecule has 0 aliphatic heterocycles. The van der Waals surface area contributed by atoms with Crippen molar-refractivity contribution in [3.63, 3.8) is 0 Å². The first-order valence-corrected chi connectivity index (χ1v) is 10.3. The van der Waals surface area contributed by atoms with E-state index in [-0.39, 0.29) is 5.92 Å². The molecule has 0 unspecified atom stereocenters. The summed E-state index contributed by atoms with van der Waals surface area (Å²) in [6.45, 7) is 13.2. The SMILES string of the molecule is Cc1nc(Cl)cc([C@H](C)c2nc(Cl)cc(C3CC3)c2C(C)C)c1C(C)C. The third-order valence-corrected chi connectivity index (χ3v) is 5.77. The molecule has 0 radical (unpaired) electrons. The van der Waals surface area contributed by atoms with Gasteiger partial charge in [-0.15, -0.1) is 0 Å². The van der Waals surface area contributed by atoms with Gasteiger partial charge in [-0.3, -0.25) is 0 Å². The summed E-state index contributed by atoms with van der Waals surface area (Å²) in [4.78, 5) is 9.28. The average molecular weight is 391 g/mol. The lowest BCUT2D eigenvalue weighted by molar-refractivity contribution is 0.741. The zero-order chi connectivity index (χ0) is 19.2. The first-order valence-electron chi connectivity index (χ1n) is 9.57. The van der Waals surface area contributed by atoms with Crippen LogP contribution in [0.1, 0.15) is 105 Å². The Bertz CT molecular complexity index is 823. The monoisotopic (exact) mass is 390 g/mol. The molecule has 140 valence electrons. The predicted molar refractivity (Wildman–Crippen MR) is 111 cm³/mol. The molecule has 1 aliphatic rings. The summed E-state index contributed by atoms with van der Waals surface area (Å²) in [6.07, 6.45) is 2.51. The van der Waals surface area contributed by atoms with E-state index >= 15 is 0 Å². The Morgan fingerprint density at radius 2 is 1.46 bits per heavy atom. The number of rotatable bonds is 5. The molecule has 0 aromatic carbocycles. The Morgan fingerprint density at radius 1 is 0.885 bits per heavy atom. The highest BCUT2D eigenvalue weighted by atomic mass is 35.5. The maximum absolute atomic E-state index is 6.45. The normalized spacial score (nSPS) is 15.8. The van der Waals surface area contributed by atoms with Crippen molar-refractivity contribution in [3.8, 4) is 0 Å². The molecule has 0 spiro atoms. The molecule has 2 aromatic heterocycles. The molecule has 4 heteroatoms. The van der Waals surface area contributed by atoms with E-state index in [2.05, 4.69) is 45.7 Å². The van der Waals surface area contributed by atoms with E-state index in [1.807, 2.05) is 13.0 Å². The number of nitrogens with zero attached hydrogens (tertiary/aromatic N) is 2. The quantitative estimate of drug-likeness (QED) is 0.497. The van der Waals surface area contributed by atoms with Gasteiger partial charge < -0.3 is 0 Å². The van der Waals surface area contributed by atoms with Crippen molar-refractivity contribution < 1.29 is 0 Å². The second-order valence-electron chi connectivity index (χ2n) is 8.17. The van der Waals surface area contributed by atoms with E-state index in [1.165, 1.54) is 35.1 Å². The summed E-state index contributed by atoms with van der Waals surface area (Å²) in [7, 11) is 0. The molecule has 26 heavy (non-hydrogen) atoms. The number of aryl methyl sites for hydroxylation is 1. The van der Waals surface area contributed by atoms with Crippen LogP contribution in [0.5, 0.6) is 0 Å². The molecule has 2 nitrogen and oxygen atoms in total. The molecule has 0 N–H and O–H groups in total. The minimum absolute atomic E-state index is 0.125. The topological polar surface area (TPSA) is 25.8 Å². The Hall–Kier alpha value is -1.12. The molecule has 1 fully saturated rings. The van der Waals surface area contributed by atoms with Crippen molar-refractivity contribution in [2.24, 2.45) is 0 Å². The summed E-state index contributed by atoms with van der Waals surface area (Å²) in [5.41, 5.74) is 7.35. The molecule has 2 aromatic rings. The van der Waals surface area contributed by atoms with Crippen LogP contribution in [-0.2, 0) is 0 Å². The lowest BCUT2D eigenvalue weighted by atomic mass is 9.82. The van der Waals surface area contributed by atoms with Crippen LogP contribution in [0.4, 0.5) is 0 Å². The van der Waals surface area contributed by atoms with Crippen LogP contribution in [0.3, 0.4) is 0 Å². The first-order chi connectivity index (χ1) is 12.2. The van der Waals surface area contributed by atoms with Crippen molar-refractivity contribution in [2.75, 3.05) is 0 Å². The summed E-state index contributed by atoms with van der Waals surface area (Å²) < 4.78 is 0. The van der Waals surface area contributed by atoms with Crippen molar-refractivity contribution in [1.29, 1.82) is 0 Å². The first kappa shape index (κ1) is 19.6. The second-order valence-corrected chi connectivity index (χ2v) is 8.95. The van der Waals surface area contributed by atoms with E-state index < -0.39 is 0 Å². The standard InChI is InChI=1S/C22H28Cl2N2/c1-11(2)20-14(6)25-18(23)9-16(20)13(5)22-21(12(3)4)17(15-7-8-15)10-19(24)26-22/h9-13,15H,7-8H2,1-6H3/t13-/m0/s1. The van der Waals surface area contributed by atoms with Gasteiger partial charge in [0.05, 0.1) is 5.69 Å². The molecule has 1 saturated carbocycles. The van der Waals surface area contributed by atoms with Crippen LogP contribution in [0.25, 0.3) is 0 Å². The van der Waals surface area contributed by atoms with Crippen LogP contribution < -0.4 is 0 Å². The maximum atomic E-state index is 6.45. The van der Waals surface area contributed by atoms with Crippen LogP contribution in [0.15, 0.2) is 12.1 Å². The van der Waals surface area contributed by atoms with Gasteiger partial charge in [-0.1, -0.05) is 57.8 Å². The summed E-state index contributed by atoms with van der Waals surface area (Å²) >= 11 is 12.8. The highest BCUT2D eigenvalue weighted by molar-refractivity contribution is 6.29. The van der Waals surface area contributed by atoms with Gasteiger partial charge >= 0.3 is 0 Å². The summed E-state index contributed by atoms with van der Waals surface area (Å²) in [6, 6.07) is 4.09.